The van der Waals surface area contributed by atoms with Crippen LogP contribution in [0.3, 0.4) is 0 Å². The first kappa shape index (κ1) is 17.4. The van der Waals surface area contributed by atoms with E-state index in [-0.39, 0.29) is 30.8 Å². The molecule has 0 saturated carbocycles. The van der Waals surface area contributed by atoms with Crippen molar-refractivity contribution >= 4 is 5.91 Å². The number of methoxy groups -OCH3 is 1. The lowest BCUT2D eigenvalue weighted by molar-refractivity contribution is 0.0357. The molecule has 2 aliphatic heterocycles. The highest BCUT2D eigenvalue weighted by molar-refractivity contribution is 5.91. The Morgan fingerprint density at radius 3 is 2.81 bits per heavy atom. The fourth-order valence-corrected chi connectivity index (χ4v) is 3.46. The second-order valence-electron chi connectivity index (χ2n) is 6.50. The summed E-state index contributed by atoms with van der Waals surface area (Å²) in [4.78, 5) is 25.9. The van der Waals surface area contributed by atoms with E-state index in [2.05, 4.69) is 0 Å². The van der Waals surface area contributed by atoms with Gasteiger partial charge in [0.2, 0.25) is 18.0 Å². The minimum absolute atomic E-state index is 0.0353. The molecule has 2 aromatic rings. The van der Waals surface area contributed by atoms with Gasteiger partial charge in [-0.1, -0.05) is 6.07 Å². The molecule has 0 aliphatic carbocycles. The summed E-state index contributed by atoms with van der Waals surface area (Å²) < 4.78 is 20.8. The van der Waals surface area contributed by atoms with Gasteiger partial charge in [-0.05, 0) is 24.1 Å². The van der Waals surface area contributed by atoms with Crippen molar-refractivity contribution in [1.29, 1.82) is 0 Å². The molecule has 0 unspecified atom stereocenters. The molecule has 8 heteroatoms. The van der Waals surface area contributed by atoms with E-state index in [1.165, 1.54) is 12.0 Å². The number of carbonyl (C=O) groups excluding carboxylic acids is 1. The predicted octanol–water partition coefficient (Wildman–Crippen LogP) is 1.37. The summed E-state index contributed by atoms with van der Waals surface area (Å²) in [5.41, 5.74) is 0.512. The molecule has 0 spiro atoms. The summed E-state index contributed by atoms with van der Waals surface area (Å²) in [5, 5.41) is 10.6. The first-order chi connectivity index (χ1) is 13.1. The zero-order chi connectivity index (χ0) is 19.0. The van der Waals surface area contributed by atoms with Crippen LogP contribution >= 0.6 is 0 Å². The number of fused-ring (bicyclic) bond motifs is 1. The maximum absolute atomic E-state index is 12.6. The molecule has 1 aromatic heterocycles. The molecule has 1 N–H and O–H groups in total. The third-order valence-corrected chi connectivity index (χ3v) is 4.92. The molecule has 1 aromatic carbocycles. The number of benzene rings is 1. The number of hydrogen-bond donors (Lipinski definition) is 1. The lowest BCUT2D eigenvalue weighted by Gasteiger charge is -2.36. The average molecular weight is 373 g/mol. The highest BCUT2D eigenvalue weighted by Crippen LogP contribution is 2.37. The lowest BCUT2D eigenvalue weighted by atomic mass is 9.87. The molecule has 2 aliphatic rings. The normalized spacial score (nSPS) is 21.2. The standard InChI is InChI=1S/C19H19NO7/c1-24-18-9-25-17(7-13(18)21)19(23)20-5-4-12(14(22)8-20)11-2-3-15-16(6-11)27-10-26-15/h2-3,6-7,9,12,14,22H,4-5,8,10H2,1H3/t12-,14+/m0/s1. The van der Waals surface area contributed by atoms with Gasteiger partial charge in [0.25, 0.3) is 5.91 Å². The van der Waals surface area contributed by atoms with Gasteiger partial charge in [0.05, 0.1) is 13.2 Å². The number of nitrogens with zero attached hydrogens (tertiary/aromatic N) is 1. The lowest BCUT2D eigenvalue weighted by Crippen LogP contribution is -2.45. The molecule has 8 nitrogen and oxygen atoms in total. The van der Waals surface area contributed by atoms with E-state index in [4.69, 9.17) is 18.6 Å². The van der Waals surface area contributed by atoms with Crippen LogP contribution in [0.25, 0.3) is 0 Å². The van der Waals surface area contributed by atoms with Crippen LogP contribution in [0.15, 0.2) is 39.7 Å². The van der Waals surface area contributed by atoms with Crippen molar-refractivity contribution in [2.45, 2.75) is 18.4 Å². The van der Waals surface area contributed by atoms with Crippen molar-refractivity contribution in [2.75, 3.05) is 27.0 Å². The average Bonchev–Trinajstić information content (AvgIpc) is 3.15. The largest absolute Gasteiger partial charge is 0.490 e. The molecular weight excluding hydrogens is 354 g/mol. The first-order valence-corrected chi connectivity index (χ1v) is 8.60. The molecule has 0 radical (unpaired) electrons. The summed E-state index contributed by atoms with van der Waals surface area (Å²) in [5.74, 6) is 0.764. The molecule has 4 rings (SSSR count). The van der Waals surface area contributed by atoms with Crippen molar-refractivity contribution in [3.05, 3.63) is 52.1 Å². The highest BCUT2D eigenvalue weighted by Gasteiger charge is 2.33. The number of hydrogen-bond acceptors (Lipinski definition) is 7. The van der Waals surface area contributed by atoms with Gasteiger partial charge in [-0.25, -0.2) is 0 Å². The number of piperidine rings is 1. The minimum Gasteiger partial charge on any atom is -0.490 e. The summed E-state index contributed by atoms with van der Waals surface area (Å²) >= 11 is 0. The maximum atomic E-state index is 12.6. The van der Waals surface area contributed by atoms with Crippen LogP contribution < -0.4 is 19.6 Å². The van der Waals surface area contributed by atoms with Gasteiger partial charge in [0, 0.05) is 25.1 Å². The number of carbonyl (C=O) groups is 1. The molecule has 1 saturated heterocycles. The van der Waals surface area contributed by atoms with Crippen LogP contribution in [0.5, 0.6) is 17.2 Å². The Bertz CT molecular complexity index is 923. The summed E-state index contributed by atoms with van der Waals surface area (Å²) in [7, 11) is 1.35. The van der Waals surface area contributed by atoms with Crippen LogP contribution in [-0.4, -0.2) is 49.0 Å². The molecule has 142 valence electrons. The number of ether oxygens (including phenoxy) is 3. The third kappa shape index (κ3) is 3.23. The molecule has 1 amide bonds. The number of likely N-dealkylation sites (tertiary alicyclic amines) is 1. The van der Waals surface area contributed by atoms with E-state index in [1.807, 2.05) is 18.2 Å². The molecule has 27 heavy (non-hydrogen) atoms. The van der Waals surface area contributed by atoms with Gasteiger partial charge in [-0.3, -0.25) is 9.59 Å². The minimum atomic E-state index is -0.743. The molecule has 3 heterocycles. The van der Waals surface area contributed by atoms with Gasteiger partial charge in [0.1, 0.15) is 6.26 Å². The monoisotopic (exact) mass is 373 g/mol. The second kappa shape index (κ2) is 6.96. The molecule has 0 bridgehead atoms. The van der Waals surface area contributed by atoms with Crippen LogP contribution in [0.1, 0.15) is 28.5 Å². The Hall–Kier alpha value is -3.00. The van der Waals surface area contributed by atoms with Crippen molar-refractivity contribution < 1.29 is 28.5 Å². The number of aliphatic hydroxyl groups is 1. The van der Waals surface area contributed by atoms with E-state index in [1.54, 1.807) is 0 Å². The van der Waals surface area contributed by atoms with Gasteiger partial charge in [-0.2, -0.15) is 0 Å². The number of rotatable bonds is 3. The van der Waals surface area contributed by atoms with Crippen LogP contribution in [0.2, 0.25) is 0 Å². The smallest absolute Gasteiger partial charge is 0.289 e. The van der Waals surface area contributed by atoms with E-state index in [0.717, 1.165) is 17.9 Å². The SMILES string of the molecule is COc1coc(C(=O)N2CC[C@@H](c3ccc4c(c3)OCO4)[C@H](O)C2)cc1=O. The second-order valence-corrected chi connectivity index (χ2v) is 6.50. The van der Waals surface area contributed by atoms with Crippen LogP contribution in [0.4, 0.5) is 0 Å². The van der Waals surface area contributed by atoms with Gasteiger partial charge in [-0.15, -0.1) is 0 Å². The fourth-order valence-electron chi connectivity index (χ4n) is 3.46. The molecule has 1 fully saturated rings. The highest BCUT2D eigenvalue weighted by atomic mass is 16.7. The maximum Gasteiger partial charge on any atom is 0.289 e. The van der Waals surface area contributed by atoms with E-state index < -0.39 is 17.4 Å². The summed E-state index contributed by atoms with van der Waals surface area (Å²) in [6, 6.07) is 6.71. The molecular formula is C19H19NO7. The van der Waals surface area contributed by atoms with Gasteiger partial charge in [0.15, 0.2) is 17.3 Å². The first-order valence-electron chi connectivity index (χ1n) is 8.60. The van der Waals surface area contributed by atoms with Gasteiger partial charge < -0.3 is 28.6 Å². The van der Waals surface area contributed by atoms with Crippen molar-refractivity contribution in [3.8, 4) is 17.2 Å². The Morgan fingerprint density at radius 2 is 2.07 bits per heavy atom. The molecule has 2 atom stereocenters. The quantitative estimate of drug-likeness (QED) is 0.867. The fraction of sp³-hybridized carbons (Fsp3) is 0.368. The Balaban J connectivity index is 1.47. The van der Waals surface area contributed by atoms with Crippen molar-refractivity contribution in [2.24, 2.45) is 0 Å². The Kier molecular flexibility index (Phi) is 4.49. The van der Waals surface area contributed by atoms with E-state index >= 15 is 0 Å². The van der Waals surface area contributed by atoms with Crippen LogP contribution in [0, 0.1) is 0 Å². The van der Waals surface area contributed by atoms with E-state index in [0.29, 0.717) is 24.5 Å². The van der Waals surface area contributed by atoms with Gasteiger partial charge >= 0.3 is 0 Å². The van der Waals surface area contributed by atoms with Crippen LogP contribution in [-0.2, 0) is 0 Å². The topological polar surface area (TPSA) is 98.4 Å². The Morgan fingerprint density at radius 1 is 1.26 bits per heavy atom. The van der Waals surface area contributed by atoms with Crippen molar-refractivity contribution in [3.63, 3.8) is 0 Å². The zero-order valence-corrected chi connectivity index (χ0v) is 14.7. The number of amides is 1. The summed E-state index contributed by atoms with van der Waals surface area (Å²) in [6.45, 7) is 0.778. The van der Waals surface area contributed by atoms with Crippen molar-refractivity contribution in [1.82, 2.24) is 4.90 Å². The zero-order valence-electron chi connectivity index (χ0n) is 14.7. The number of β-amino-alcohol motifs (C(OH)–C–C–N with tert-alkyl or cyclic N) is 1. The third-order valence-electron chi connectivity index (χ3n) is 4.92. The van der Waals surface area contributed by atoms with E-state index in [9.17, 15) is 14.7 Å². The summed E-state index contributed by atoms with van der Waals surface area (Å²) in [6.07, 6.45) is 0.950. The number of aliphatic hydroxyl groups excluding tert-OH is 1. The Labute approximate surface area is 154 Å². The predicted molar refractivity (Wildman–Crippen MR) is 93.4 cm³/mol.